The van der Waals surface area contributed by atoms with Crippen LogP contribution >= 0.6 is 0 Å². The highest BCUT2D eigenvalue weighted by Gasteiger charge is 2.42. The third-order valence-corrected chi connectivity index (χ3v) is 6.61. The standard InChI is InChI=1S/C21H29N3O2/c1-2-16-5-3-4-6-18(16)24-14-17(13-19(24)25)20(26)23-11-8-21(9-12-23)7-10-22-15-21/h3-6,17,22H,2,7-15H2,1H3. The molecule has 2 amide bonds. The lowest BCUT2D eigenvalue weighted by Gasteiger charge is -2.39. The Bertz CT molecular complexity index is 686. The van der Waals surface area contributed by atoms with E-state index in [1.165, 1.54) is 12.0 Å². The Labute approximate surface area is 155 Å². The first kappa shape index (κ1) is 17.5. The van der Waals surface area contributed by atoms with Crippen LogP contribution in [-0.4, -0.2) is 49.4 Å². The first-order valence-electron chi connectivity index (χ1n) is 10.00. The monoisotopic (exact) mass is 355 g/mol. The summed E-state index contributed by atoms with van der Waals surface area (Å²) in [5, 5.41) is 3.47. The minimum atomic E-state index is -0.192. The van der Waals surface area contributed by atoms with Crippen LogP contribution in [-0.2, 0) is 16.0 Å². The second-order valence-electron chi connectivity index (χ2n) is 8.14. The summed E-state index contributed by atoms with van der Waals surface area (Å²) in [4.78, 5) is 29.4. The quantitative estimate of drug-likeness (QED) is 0.904. The summed E-state index contributed by atoms with van der Waals surface area (Å²) >= 11 is 0. The first-order chi connectivity index (χ1) is 12.6. The van der Waals surface area contributed by atoms with Gasteiger partial charge in [0.25, 0.3) is 0 Å². The number of nitrogens with zero attached hydrogens (tertiary/aromatic N) is 2. The molecule has 0 aliphatic carbocycles. The summed E-state index contributed by atoms with van der Waals surface area (Å²) in [6, 6.07) is 8.04. The molecule has 3 aliphatic heterocycles. The summed E-state index contributed by atoms with van der Waals surface area (Å²) in [6.45, 7) is 6.52. The van der Waals surface area contributed by atoms with Crippen molar-refractivity contribution in [2.45, 2.75) is 39.0 Å². The number of hydrogen-bond donors (Lipinski definition) is 1. The predicted octanol–water partition coefficient (Wildman–Crippen LogP) is 2.20. The minimum absolute atomic E-state index is 0.0812. The van der Waals surface area contributed by atoms with Gasteiger partial charge in [-0.25, -0.2) is 0 Å². The largest absolute Gasteiger partial charge is 0.342 e. The molecule has 140 valence electrons. The van der Waals surface area contributed by atoms with Crippen LogP contribution in [0.15, 0.2) is 24.3 Å². The zero-order valence-electron chi connectivity index (χ0n) is 15.7. The predicted molar refractivity (Wildman–Crippen MR) is 102 cm³/mol. The Morgan fingerprint density at radius 3 is 2.69 bits per heavy atom. The molecule has 3 heterocycles. The van der Waals surface area contributed by atoms with Crippen molar-refractivity contribution in [3.8, 4) is 0 Å². The van der Waals surface area contributed by atoms with E-state index in [4.69, 9.17) is 0 Å². The highest BCUT2D eigenvalue weighted by molar-refractivity contribution is 6.00. The maximum Gasteiger partial charge on any atom is 0.228 e. The number of benzene rings is 1. The van der Waals surface area contributed by atoms with Crippen LogP contribution in [0, 0.1) is 11.3 Å². The molecule has 3 aliphatic rings. The topological polar surface area (TPSA) is 52.7 Å². The van der Waals surface area contributed by atoms with Crippen LogP contribution in [0.2, 0.25) is 0 Å². The molecule has 0 bridgehead atoms. The lowest BCUT2D eigenvalue weighted by molar-refractivity contribution is -0.137. The average Bonchev–Trinajstić information content (AvgIpc) is 3.28. The van der Waals surface area contributed by atoms with Gasteiger partial charge in [0, 0.05) is 38.3 Å². The van der Waals surface area contributed by atoms with Crippen LogP contribution in [0.25, 0.3) is 0 Å². The molecule has 1 aromatic carbocycles. The second-order valence-corrected chi connectivity index (χ2v) is 8.14. The molecular formula is C21H29N3O2. The molecule has 0 saturated carbocycles. The van der Waals surface area contributed by atoms with E-state index in [2.05, 4.69) is 18.3 Å². The number of hydrogen-bond acceptors (Lipinski definition) is 3. The molecule has 0 aromatic heterocycles. The lowest BCUT2D eigenvalue weighted by atomic mass is 9.77. The van der Waals surface area contributed by atoms with Crippen molar-refractivity contribution in [3.05, 3.63) is 29.8 Å². The number of anilines is 1. The number of aryl methyl sites for hydroxylation is 1. The van der Waals surface area contributed by atoms with Gasteiger partial charge >= 0.3 is 0 Å². The van der Waals surface area contributed by atoms with Crippen molar-refractivity contribution < 1.29 is 9.59 Å². The van der Waals surface area contributed by atoms with Gasteiger partial charge in [0.1, 0.15) is 0 Å². The molecular weight excluding hydrogens is 326 g/mol. The Morgan fingerprint density at radius 1 is 1.23 bits per heavy atom. The molecule has 5 heteroatoms. The normalized spacial score (nSPS) is 25.3. The first-order valence-corrected chi connectivity index (χ1v) is 10.00. The van der Waals surface area contributed by atoms with E-state index < -0.39 is 0 Å². The maximum absolute atomic E-state index is 13.0. The third kappa shape index (κ3) is 3.13. The zero-order chi connectivity index (χ0) is 18.1. The van der Waals surface area contributed by atoms with E-state index in [1.807, 2.05) is 28.0 Å². The second kappa shape index (κ2) is 7.03. The fraction of sp³-hybridized carbons (Fsp3) is 0.619. The average molecular weight is 355 g/mol. The van der Waals surface area contributed by atoms with Gasteiger partial charge in [-0.3, -0.25) is 9.59 Å². The third-order valence-electron chi connectivity index (χ3n) is 6.61. The molecule has 0 radical (unpaired) electrons. The van der Waals surface area contributed by atoms with Crippen molar-refractivity contribution in [1.29, 1.82) is 0 Å². The molecule has 3 saturated heterocycles. The summed E-state index contributed by atoms with van der Waals surface area (Å²) in [7, 11) is 0. The van der Waals surface area contributed by atoms with Gasteiger partial charge in [-0.2, -0.15) is 0 Å². The molecule has 1 spiro atoms. The van der Waals surface area contributed by atoms with E-state index in [0.29, 0.717) is 18.4 Å². The molecule has 1 N–H and O–H groups in total. The number of para-hydroxylation sites is 1. The summed E-state index contributed by atoms with van der Waals surface area (Å²) < 4.78 is 0. The Kier molecular flexibility index (Phi) is 4.74. The number of carbonyl (C=O) groups excluding carboxylic acids is 2. The fourth-order valence-corrected chi connectivity index (χ4v) is 4.86. The van der Waals surface area contributed by atoms with Crippen LogP contribution in [0.3, 0.4) is 0 Å². The van der Waals surface area contributed by atoms with Gasteiger partial charge in [-0.1, -0.05) is 25.1 Å². The summed E-state index contributed by atoms with van der Waals surface area (Å²) in [5.41, 5.74) is 2.56. The van der Waals surface area contributed by atoms with E-state index >= 15 is 0 Å². The van der Waals surface area contributed by atoms with Gasteiger partial charge in [0.05, 0.1) is 5.92 Å². The Balaban J connectivity index is 1.41. The number of piperidine rings is 1. The van der Waals surface area contributed by atoms with Crippen molar-refractivity contribution in [3.63, 3.8) is 0 Å². The smallest absolute Gasteiger partial charge is 0.228 e. The van der Waals surface area contributed by atoms with Crippen molar-refractivity contribution in [2.24, 2.45) is 11.3 Å². The summed E-state index contributed by atoms with van der Waals surface area (Å²) in [6.07, 6.45) is 4.66. The number of nitrogens with one attached hydrogen (secondary N) is 1. The SMILES string of the molecule is CCc1ccccc1N1CC(C(=O)N2CCC3(CCNC3)CC2)CC1=O. The van der Waals surface area contributed by atoms with Crippen LogP contribution < -0.4 is 10.2 Å². The minimum Gasteiger partial charge on any atom is -0.342 e. The lowest BCUT2D eigenvalue weighted by Crippen LogP contribution is -2.46. The van der Waals surface area contributed by atoms with E-state index in [9.17, 15) is 9.59 Å². The highest BCUT2D eigenvalue weighted by Crippen LogP contribution is 2.38. The van der Waals surface area contributed by atoms with Crippen molar-refractivity contribution >= 4 is 17.5 Å². The molecule has 1 unspecified atom stereocenters. The molecule has 26 heavy (non-hydrogen) atoms. The summed E-state index contributed by atoms with van der Waals surface area (Å²) in [5.74, 6) is 0.0662. The van der Waals surface area contributed by atoms with Gasteiger partial charge in [0.15, 0.2) is 0 Å². The molecule has 3 fully saturated rings. The molecule has 4 rings (SSSR count). The Hall–Kier alpha value is -1.88. The fourth-order valence-electron chi connectivity index (χ4n) is 4.86. The van der Waals surface area contributed by atoms with E-state index in [1.54, 1.807) is 0 Å². The van der Waals surface area contributed by atoms with Crippen LogP contribution in [0.5, 0.6) is 0 Å². The molecule has 1 aromatic rings. The number of likely N-dealkylation sites (tertiary alicyclic amines) is 1. The molecule has 5 nitrogen and oxygen atoms in total. The molecule has 1 atom stereocenters. The van der Waals surface area contributed by atoms with Gasteiger partial charge < -0.3 is 15.1 Å². The maximum atomic E-state index is 13.0. The van der Waals surface area contributed by atoms with Gasteiger partial charge in [0.2, 0.25) is 11.8 Å². The Morgan fingerprint density at radius 2 is 2.00 bits per heavy atom. The van der Waals surface area contributed by atoms with E-state index in [-0.39, 0.29) is 17.7 Å². The van der Waals surface area contributed by atoms with E-state index in [0.717, 1.165) is 51.1 Å². The van der Waals surface area contributed by atoms with Crippen molar-refractivity contribution in [2.75, 3.05) is 37.6 Å². The zero-order valence-corrected chi connectivity index (χ0v) is 15.7. The number of rotatable bonds is 3. The van der Waals surface area contributed by atoms with Crippen molar-refractivity contribution in [1.82, 2.24) is 10.2 Å². The number of carbonyl (C=O) groups is 2. The number of amides is 2. The van der Waals surface area contributed by atoms with Crippen LogP contribution in [0.1, 0.15) is 38.2 Å². The van der Waals surface area contributed by atoms with Crippen LogP contribution in [0.4, 0.5) is 5.69 Å². The van der Waals surface area contributed by atoms with Gasteiger partial charge in [-0.15, -0.1) is 0 Å². The van der Waals surface area contributed by atoms with Gasteiger partial charge in [-0.05, 0) is 49.3 Å². The highest BCUT2D eigenvalue weighted by atomic mass is 16.2.